The van der Waals surface area contributed by atoms with Crippen molar-refractivity contribution >= 4 is 17.3 Å². The summed E-state index contributed by atoms with van der Waals surface area (Å²) in [5.74, 6) is 3.73. The molecule has 0 unspecified atom stereocenters. The number of hydrogen-bond donors (Lipinski definition) is 2. The first kappa shape index (κ1) is 33.1. The van der Waals surface area contributed by atoms with Crippen LogP contribution < -0.4 is 10.2 Å². The van der Waals surface area contributed by atoms with E-state index in [-0.39, 0.29) is 17.7 Å². The van der Waals surface area contributed by atoms with Gasteiger partial charge in [0.15, 0.2) is 0 Å². The van der Waals surface area contributed by atoms with Crippen LogP contribution in [0.25, 0.3) is 0 Å². The zero-order valence-electron chi connectivity index (χ0n) is 28.0. The van der Waals surface area contributed by atoms with Crippen molar-refractivity contribution in [3.05, 3.63) is 23.8 Å². The third kappa shape index (κ3) is 6.28. The summed E-state index contributed by atoms with van der Waals surface area (Å²) in [6.07, 6.45) is 7.21. The van der Waals surface area contributed by atoms with E-state index in [0.717, 1.165) is 81.9 Å². The lowest BCUT2D eigenvalue weighted by Crippen LogP contribution is -2.54. The molecule has 8 heteroatoms. The minimum Gasteiger partial charge on any atom is -0.393 e. The molecule has 0 spiro atoms. The lowest BCUT2D eigenvalue weighted by atomic mass is 9.44. The first-order chi connectivity index (χ1) is 21.3. The summed E-state index contributed by atoms with van der Waals surface area (Å²) >= 11 is 0. The fourth-order valence-corrected chi connectivity index (χ4v) is 11.4. The van der Waals surface area contributed by atoms with Crippen molar-refractivity contribution in [3.63, 3.8) is 0 Å². The summed E-state index contributed by atoms with van der Waals surface area (Å²) in [6, 6.07) is 3.78. The second-order valence-electron chi connectivity index (χ2n) is 16.0. The smallest absolute Gasteiger partial charge is 0.393 e. The molecule has 45 heavy (non-hydrogen) atoms. The Morgan fingerprint density at radius 3 is 2.42 bits per heavy atom. The summed E-state index contributed by atoms with van der Waals surface area (Å²) in [6.45, 7) is 13.6. The minimum absolute atomic E-state index is 0.112. The van der Waals surface area contributed by atoms with Gasteiger partial charge >= 0.3 is 6.18 Å². The fraction of sp³-hybridized carbons (Fsp3) is 0.811. The number of aliphatic hydroxyl groups excluding tert-OH is 1. The van der Waals surface area contributed by atoms with Gasteiger partial charge in [-0.3, -0.25) is 4.79 Å². The zero-order chi connectivity index (χ0) is 32.1. The molecule has 1 aromatic rings. The van der Waals surface area contributed by atoms with E-state index in [9.17, 15) is 23.1 Å². The number of aliphatic hydroxyl groups is 1. The maximum Gasteiger partial charge on any atom is 0.416 e. The molecule has 4 saturated carbocycles. The number of alkyl halides is 3. The van der Waals surface area contributed by atoms with Gasteiger partial charge < -0.3 is 20.2 Å². The van der Waals surface area contributed by atoms with Crippen molar-refractivity contribution in [2.45, 2.75) is 111 Å². The summed E-state index contributed by atoms with van der Waals surface area (Å²) in [4.78, 5) is 17.8. The van der Waals surface area contributed by atoms with Crippen LogP contribution in [0.5, 0.6) is 0 Å². The number of amides is 1. The van der Waals surface area contributed by atoms with Crippen molar-refractivity contribution in [1.29, 1.82) is 0 Å². The van der Waals surface area contributed by atoms with Crippen LogP contribution in [-0.2, 0) is 11.0 Å². The molecule has 1 amide bonds. The van der Waals surface area contributed by atoms with E-state index < -0.39 is 11.7 Å². The monoisotopic (exact) mass is 631 g/mol. The number of benzene rings is 1. The van der Waals surface area contributed by atoms with Gasteiger partial charge in [0.2, 0.25) is 5.91 Å². The van der Waals surface area contributed by atoms with E-state index in [1.807, 2.05) is 0 Å². The lowest BCUT2D eigenvalue weighted by molar-refractivity contribution is -0.137. The van der Waals surface area contributed by atoms with Gasteiger partial charge in [-0.25, -0.2) is 0 Å². The molecule has 6 rings (SSSR count). The Morgan fingerprint density at radius 1 is 1.00 bits per heavy atom. The molecule has 0 bridgehead atoms. The van der Waals surface area contributed by atoms with Gasteiger partial charge in [0.25, 0.3) is 0 Å². The molecular formula is C37H56F3N3O2. The Kier molecular flexibility index (Phi) is 9.32. The van der Waals surface area contributed by atoms with Crippen LogP contribution in [0.1, 0.15) is 104 Å². The summed E-state index contributed by atoms with van der Waals surface area (Å²) in [5, 5.41) is 13.3. The molecule has 1 aromatic carbocycles. The van der Waals surface area contributed by atoms with E-state index >= 15 is 0 Å². The van der Waals surface area contributed by atoms with Crippen molar-refractivity contribution in [3.8, 4) is 0 Å². The number of carbonyl (C=O) groups excluding carboxylic acids is 1. The fourth-order valence-electron chi connectivity index (χ4n) is 11.4. The SMILES string of the molecule is CCN1CCN(c2ccc(C(F)(F)F)cc2NC(=O)CC[C@@H](C)[C@H]2CC[C@H]3[C@@H]4CC[C@@H]5C[C@H](O)CC[C@]5(C)[C@H]4CC[C@]23C)CC1. The Morgan fingerprint density at radius 2 is 1.71 bits per heavy atom. The number of hydrogen-bond acceptors (Lipinski definition) is 4. The van der Waals surface area contributed by atoms with Gasteiger partial charge in [-0.05, 0) is 135 Å². The highest BCUT2D eigenvalue weighted by molar-refractivity contribution is 5.94. The van der Waals surface area contributed by atoms with Gasteiger partial charge in [0.05, 0.1) is 23.0 Å². The molecule has 4 aliphatic carbocycles. The third-order valence-corrected chi connectivity index (χ3v) is 14.0. The largest absolute Gasteiger partial charge is 0.416 e. The topological polar surface area (TPSA) is 55.8 Å². The molecule has 252 valence electrons. The van der Waals surface area contributed by atoms with Gasteiger partial charge in [-0.1, -0.05) is 27.7 Å². The maximum absolute atomic E-state index is 13.7. The van der Waals surface area contributed by atoms with Crippen LogP contribution in [0.2, 0.25) is 0 Å². The number of piperazine rings is 1. The average molecular weight is 632 g/mol. The van der Waals surface area contributed by atoms with Crippen molar-refractivity contribution < 1.29 is 23.1 Å². The van der Waals surface area contributed by atoms with Gasteiger partial charge in [-0.15, -0.1) is 0 Å². The van der Waals surface area contributed by atoms with Crippen molar-refractivity contribution in [1.82, 2.24) is 4.90 Å². The van der Waals surface area contributed by atoms with Gasteiger partial charge in [-0.2, -0.15) is 13.2 Å². The van der Waals surface area contributed by atoms with Gasteiger partial charge in [0.1, 0.15) is 0 Å². The van der Waals surface area contributed by atoms with Crippen LogP contribution in [0.15, 0.2) is 18.2 Å². The van der Waals surface area contributed by atoms with Gasteiger partial charge in [0, 0.05) is 32.6 Å². The third-order valence-electron chi connectivity index (χ3n) is 14.0. The maximum atomic E-state index is 13.7. The summed E-state index contributed by atoms with van der Waals surface area (Å²) < 4.78 is 41.0. The molecule has 1 heterocycles. The van der Waals surface area contributed by atoms with Crippen molar-refractivity contribution in [2.24, 2.45) is 46.3 Å². The molecule has 9 atom stereocenters. The molecule has 0 radical (unpaired) electrons. The molecule has 5 nitrogen and oxygen atoms in total. The number of nitrogens with zero attached hydrogens (tertiary/aromatic N) is 2. The number of anilines is 2. The van der Waals surface area contributed by atoms with E-state index in [1.54, 1.807) is 0 Å². The van der Waals surface area contributed by atoms with E-state index in [2.05, 4.69) is 42.8 Å². The average Bonchev–Trinajstić information content (AvgIpc) is 3.37. The standard InChI is InChI=1S/C37H56F3N3O2/c1-5-42-18-20-43(21-19-42)33-12-8-26(37(38,39)40)23-32(33)41-34(45)13-6-24(2)29-10-11-30-28-9-7-25-22-27(44)14-16-35(25,3)31(28)15-17-36(29,30)4/h8,12,23-25,27-31,44H,5-7,9-11,13-22H2,1-4H3,(H,41,45)/t24-,25-,27-,28+,29-,30+,31+,35+,36-/m1/s1. The van der Waals surface area contributed by atoms with Crippen LogP contribution >= 0.6 is 0 Å². The van der Waals surface area contributed by atoms with E-state index in [1.165, 1.54) is 51.0 Å². The number of likely N-dealkylation sites (N-methyl/N-ethyl adjacent to an activating group) is 1. The first-order valence-corrected chi connectivity index (χ1v) is 18.0. The predicted octanol–water partition coefficient (Wildman–Crippen LogP) is 8.22. The quantitative estimate of drug-likeness (QED) is 0.319. The van der Waals surface area contributed by atoms with Crippen LogP contribution in [-0.4, -0.2) is 54.7 Å². The second kappa shape index (κ2) is 12.7. The highest BCUT2D eigenvalue weighted by Crippen LogP contribution is 2.68. The molecular weight excluding hydrogens is 575 g/mol. The number of fused-ring (bicyclic) bond motifs is 5. The van der Waals surface area contributed by atoms with Crippen LogP contribution in [0.4, 0.5) is 24.5 Å². The van der Waals surface area contributed by atoms with E-state index in [0.29, 0.717) is 40.7 Å². The molecule has 5 aliphatic rings. The minimum atomic E-state index is -4.46. The van der Waals surface area contributed by atoms with E-state index in [4.69, 9.17) is 0 Å². The normalized spacial score (nSPS) is 37.8. The predicted molar refractivity (Wildman–Crippen MR) is 174 cm³/mol. The first-order valence-electron chi connectivity index (χ1n) is 18.0. The molecule has 5 fully saturated rings. The highest BCUT2D eigenvalue weighted by atomic mass is 19.4. The number of rotatable bonds is 7. The summed E-state index contributed by atoms with van der Waals surface area (Å²) in [5.41, 5.74) is 0.896. The molecule has 0 aromatic heterocycles. The zero-order valence-corrected chi connectivity index (χ0v) is 28.0. The van der Waals surface area contributed by atoms with Crippen LogP contribution in [0.3, 0.4) is 0 Å². The van der Waals surface area contributed by atoms with Crippen LogP contribution in [0, 0.1) is 46.3 Å². The second-order valence-corrected chi connectivity index (χ2v) is 16.0. The molecule has 2 N–H and O–H groups in total. The number of nitrogens with one attached hydrogen (secondary N) is 1. The summed E-state index contributed by atoms with van der Waals surface area (Å²) in [7, 11) is 0. The Balaban J connectivity index is 1.09. The number of carbonyl (C=O) groups is 1. The Bertz CT molecular complexity index is 1220. The molecule has 1 aliphatic heterocycles. The highest BCUT2D eigenvalue weighted by Gasteiger charge is 2.60. The number of halogens is 3. The lowest BCUT2D eigenvalue weighted by Gasteiger charge is -2.61. The Labute approximate surface area is 268 Å². The Hall–Kier alpha value is -1.80. The van der Waals surface area contributed by atoms with Crippen molar-refractivity contribution in [2.75, 3.05) is 42.9 Å². The molecule has 1 saturated heterocycles.